The van der Waals surface area contributed by atoms with Crippen molar-refractivity contribution in [1.29, 1.82) is 5.26 Å². The fraction of sp³-hybridized carbons (Fsp3) is 0.375. The van der Waals surface area contributed by atoms with E-state index in [1.807, 2.05) is 24.3 Å². The Labute approximate surface area is 119 Å². The van der Waals surface area contributed by atoms with Gasteiger partial charge in [0.2, 0.25) is 0 Å². The minimum atomic E-state index is 0.519. The molecule has 0 atom stereocenters. The van der Waals surface area contributed by atoms with Gasteiger partial charge in [-0.1, -0.05) is 13.8 Å². The molecule has 0 amide bonds. The lowest BCUT2D eigenvalue weighted by Gasteiger charge is -2.27. The van der Waals surface area contributed by atoms with Gasteiger partial charge in [0.25, 0.3) is 0 Å². The molecule has 0 fully saturated rings. The second-order valence-electron chi connectivity index (χ2n) is 5.35. The highest BCUT2D eigenvalue weighted by atomic mass is 15.1. The topological polar surface area (TPSA) is 65.9 Å². The molecule has 1 aromatic carbocycles. The molecule has 0 aliphatic heterocycles. The van der Waals surface area contributed by atoms with Gasteiger partial charge in [0.1, 0.15) is 0 Å². The standard InChI is InChI=1S/C16H20N4/c1-12(2)11-20(9-3-7-17)16-6-8-19-15-10-13(18)4-5-14(15)16/h4-6,8,10,12H,3,9,11,18H2,1-2H3. The van der Waals surface area contributed by atoms with Crippen molar-refractivity contribution in [2.45, 2.75) is 20.3 Å². The fourth-order valence-electron chi connectivity index (χ4n) is 2.36. The van der Waals surface area contributed by atoms with E-state index < -0.39 is 0 Å². The Morgan fingerprint density at radius 3 is 2.85 bits per heavy atom. The summed E-state index contributed by atoms with van der Waals surface area (Å²) in [6.07, 6.45) is 2.32. The van der Waals surface area contributed by atoms with Crippen LogP contribution in [0.25, 0.3) is 10.9 Å². The number of anilines is 2. The molecular weight excluding hydrogens is 248 g/mol. The largest absolute Gasteiger partial charge is 0.399 e. The molecule has 2 rings (SSSR count). The highest BCUT2D eigenvalue weighted by Crippen LogP contribution is 2.27. The van der Waals surface area contributed by atoms with Gasteiger partial charge in [-0.05, 0) is 30.2 Å². The third-order valence-electron chi connectivity index (χ3n) is 3.16. The summed E-state index contributed by atoms with van der Waals surface area (Å²) in [5, 5.41) is 9.92. The van der Waals surface area contributed by atoms with Gasteiger partial charge in [-0.3, -0.25) is 4.98 Å². The Hall–Kier alpha value is -2.28. The number of rotatable bonds is 5. The molecule has 0 aliphatic rings. The number of aromatic nitrogens is 1. The number of hydrogen-bond donors (Lipinski definition) is 1. The SMILES string of the molecule is CC(C)CN(CCC#N)c1ccnc2cc(N)ccc12. The van der Waals surface area contributed by atoms with Gasteiger partial charge in [-0.25, -0.2) is 0 Å². The number of benzene rings is 1. The van der Waals surface area contributed by atoms with Crippen molar-refractivity contribution < 1.29 is 0 Å². The molecule has 2 aromatic rings. The van der Waals surface area contributed by atoms with Crippen LogP contribution in [0.2, 0.25) is 0 Å². The van der Waals surface area contributed by atoms with Crippen molar-refractivity contribution in [3.63, 3.8) is 0 Å². The maximum Gasteiger partial charge on any atom is 0.0743 e. The molecule has 2 N–H and O–H groups in total. The van der Waals surface area contributed by atoms with Gasteiger partial charge in [0.15, 0.2) is 0 Å². The lowest BCUT2D eigenvalue weighted by atomic mass is 10.1. The Kier molecular flexibility index (Phi) is 4.41. The molecule has 0 unspecified atom stereocenters. The Balaban J connectivity index is 2.44. The van der Waals surface area contributed by atoms with E-state index in [-0.39, 0.29) is 0 Å². The molecule has 0 spiro atoms. The summed E-state index contributed by atoms with van der Waals surface area (Å²) in [5.41, 5.74) is 8.55. The average molecular weight is 268 g/mol. The van der Waals surface area contributed by atoms with E-state index in [1.54, 1.807) is 6.20 Å². The van der Waals surface area contributed by atoms with E-state index in [1.165, 1.54) is 0 Å². The molecular formula is C16H20N4. The number of nitrogens with two attached hydrogens (primary N) is 1. The second kappa shape index (κ2) is 6.25. The van der Waals surface area contributed by atoms with E-state index in [4.69, 9.17) is 11.0 Å². The van der Waals surface area contributed by atoms with Crippen LogP contribution < -0.4 is 10.6 Å². The summed E-state index contributed by atoms with van der Waals surface area (Å²) in [6, 6.07) is 10.0. The zero-order valence-corrected chi connectivity index (χ0v) is 12.0. The van der Waals surface area contributed by atoms with Crippen LogP contribution in [0, 0.1) is 17.2 Å². The predicted molar refractivity (Wildman–Crippen MR) is 83.4 cm³/mol. The maximum atomic E-state index is 8.84. The molecule has 0 saturated carbocycles. The lowest BCUT2D eigenvalue weighted by Crippen LogP contribution is -2.28. The van der Waals surface area contributed by atoms with Gasteiger partial charge < -0.3 is 10.6 Å². The van der Waals surface area contributed by atoms with Gasteiger partial charge in [-0.15, -0.1) is 0 Å². The second-order valence-corrected chi connectivity index (χ2v) is 5.35. The first kappa shape index (κ1) is 14.1. The Morgan fingerprint density at radius 2 is 2.15 bits per heavy atom. The number of fused-ring (bicyclic) bond motifs is 1. The highest BCUT2D eigenvalue weighted by molar-refractivity contribution is 5.93. The van der Waals surface area contributed by atoms with Crippen LogP contribution in [0.4, 0.5) is 11.4 Å². The number of pyridine rings is 1. The molecule has 4 nitrogen and oxygen atoms in total. The molecule has 4 heteroatoms. The van der Waals surface area contributed by atoms with Crippen molar-refractivity contribution >= 4 is 22.3 Å². The third kappa shape index (κ3) is 3.18. The zero-order valence-electron chi connectivity index (χ0n) is 12.0. The molecule has 104 valence electrons. The van der Waals surface area contributed by atoms with Crippen LogP contribution in [0.5, 0.6) is 0 Å². The van der Waals surface area contributed by atoms with Crippen LogP contribution in [0.15, 0.2) is 30.5 Å². The van der Waals surface area contributed by atoms with Crippen molar-refractivity contribution in [1.82, 2.24) is 4.98 Å². The summed E-state index contributed by atoms with van der Waals surface area (Å²) in [4.78, 5) is 6.63. The summed E-state index contributed by atoms with van der Waals surface area (Å²) >= 11 is 0. The van der Waals surface area contributed by atoms with Gasteiger partial charge in [-0.2, -0.15) is 5.26 Å². The van der Waals surface area contributed by atoms with Crippen molar-refractivity contribution in [2.75, 3.05) is 23.7 Å². The van der Waals surface area contributed by atoms with Crippen LogP contribution in [-0.2, 0) is 0 Å². The van der Waals surface area contributed by atoms with Gasteiger partial charge in [0.05, 0.1) is 18.0 Å². The maximum absolute atomic E-state index is 8.84. The van der Waals surface area contributed by atoms with Crippen molar-refractivity contribution in [3.05, 3.63) is 30.5 Å². The highest BCUT2D eigenvalue weighted by Gasteiger charge is 2.12. The Bertz CT molecular complexity index is 628. The summed E-state index contributed by atoms with van der Waals surface area (Å²) in [5.74, 6) is 0.533. The molecule has 0 radical (unpaired) electrons. The monoisotopic (exact) mass is 268 g/mol. The molecule has 1 heterocycles. The van der Waals surface area contributed by atoms with Crippen molar-refractivity contribution in [2.24, 2.45) is 5.92 Å². The minimum absolute atomic E-state index is 0.519. The van der Waals surface area contributed by atoms with Crippen LogP contribution in [0.1, 0.15) is 20.3 Å². The van der Waals surface area contributed by atoms with E-state index >= 15 is 0 Å². The van der Waals surface area contributed by atoms with Crippen LogP contribution in [0.3, 0.4) is 0 Å². The molecule has 0 aliphatic carbocycles. The molecule has 20 heavy (non-hydrogen) atoms. The first-order valence-corrected chi connectivity index (χ1v) is 6.88. The van der Waals surface area contributed by atoms with E-state index in [9.17, 15) is 0 Å². The first-order chi connectivity index (χ1) is 9.61. The quantitative estimate of drug-likeness (QED) is 0.846. The smallest absolute Gasteiger partial charge is 0.0743 e. The summed E-state index contributed by atoms with van der Waals surface area (Å²) < 4.78 is 0. The average Bonchev–Trinajstić information content (AvgIpc) is 2.42. The van der Waals surface area contributed by atoms with E-state index in [2.05, 4.69) is 29.8 Å². The number of nitriles is 1. The van der Waals surface area contributed by atoms with Gasteiger partial charge >= 0.3 is 0 Å². The molecule has 0 saturated heterocycles. The molecule has 0 bridgehead atoms. The normalized spacial score (nSPS) is 10.7. The van der Waals surface area contributed by atoms with Crippen LogP contribution in [-0.4, -0.2) is 18.1 Å². The van der Waals surface area contributed by atoms with E-state index in [0.29, 0.717) is 12.3 Å². The zero-order chi connectivity index (χ0) is 14.5. The first-order valence-electron chi connectivity index (χ1n) is 6.88. The molecule has 1 aromatic heterocycles. The third-order valence-corrected chi connectivity index (χ3v) is 3.16. The lowest BCUT2D eigenvalue weighted by molar-refractivity contribution is 0.613. The Morgan fingerprint density at radius 1 is 1.35 bits per heavy atom. The fourth-order valence-corrected chi connectivity index (χ4v) is 2.36. The van der Waals surface area contributed by atoms with Crippen molar-refractivity contribution in [3.8, 4) is 6.07 Å². The van der Waals surface area contributed by atoms with Crippen LogP contribution >= 0.6 is 0 Å². The summed E-state index contributed by atoms with van der Waals surface area (Å²) in [7, 11) is 0. The van der Waals surface area contributed by atoms with E-state index in [0.717, 1.165) is 35.4 Å². The number of nitrogens with zero attached hydrogens (tertiary/aromatic N) is 3. The summed E-state index contributed by atoms with van der Waals surface area (Å²) in [6.45, 7) is 6.02. The minimum Gasteiger partial charge on any atom is -0.399 e. The predicted octanol–water partition coefficient (Wildman–Crippen LogP) is 3.19. The number of hydrogen-bond acceptors (Lipinski definition) is 4. The van der Waals surface area contributed by atoms with Gasteiger partial charge in [0, 0.05) is 36.0 Å². The number of nitrogen functional groups attached to an aromatic ring is 1.